The lowest BCUT2D eigenvalue weighted by molar-refractivity contribution is 0.0466. The standard InChI is InChI=1S/C15H31N3O3/c1-15(2,3)21-14(19)17-13-5-8-18(9-6-13)10-12-20-11-7-16-4/h13,16H,5-12H2,1-4H3,(H,17,19). The molecule has 1 saturated heterocycles. The molecule has 0 unspecified atom stereocenters. The molecule has 0 saturated carbocycles. The highest BCUT2D eigenvalue weighted by Crippen LogP contribution is 2.12. The number of nitrogens with one attached hydrogen (secondary N) is 2. The molecular formula is C15H31N3O3. The van der Waals surface area contributed by atoms with E-state index in [1.165, 1.54) is 0 Å². The molecule has 124 valence electrons. The van der Waals surface area contributed by atoms with Gasteiger partial charge in [-0.2, -0.15) is 0 Å². The highest BCUT2D eigenvalue weighted by Gasteiger charge is 2.23. The van der Waals surface area contributed by atoms with Crippen molar-refractivity contribution in [3.05, 3.63) is 0 Å². The Labute approximate surface area is 128 Å². The smallest absolute Gasteiger partial charge is 0.407 e. The van der Waals surface area contributed by atoms with E-state index in [0.29, 0.717) is 0 Å². The Kier molecular flexibility index (Phi) is 8.00. The van der Waals surface area contributed by atoms with E-state index in [1.807, 2.05) is 27.8 Å². The van der Waals surface area contributed by atoms with Gasteiger partial charge >= 0.3 is 6.09 Å². The summed E-state index contributed by atoms with van der Waals surface area (Å²) in [6.07, 6.45) is 1.63. The van der Waals surface area contributed by atoms with Crippen LogP contribution in [-0.2, 0) is 9.47 Å². The Hall–Kier alpha value is -0.850. The van der Waals surface area contributed by atoms with Crippen LogP contribution < -0.4 is 10.6 Å². The van der Waals surface area contributed by atoms with E-state index in [0.717, 1.165) is 52.2 Å². The highest BCUT2D eigenvalue weighted by molar-refractivity contribution is 5.68. The number of hydrogen-bond donors (Lipinski definition) is 2. The van der Waals surface area contributed by atoms with Crippen molar-refractivity contribution in [2.24, 2.45) is 0 Å². The van der Waals surface area contributed by atoms with Crippen LogP contribution in [0.2, 0.25) is 0 Å². The largest absolute Gasteiger partial charge is 0.444 e. The van der Waals surface area contributed by atoms with Gasteiger partial charge in [0.25, 0.3) is 0 Å². The van der Waals surface area contributed by atoms with Crippen molar-refractivity contribution in [2.75, 3.05) is 46.4 Å². The van der Waals surface area contributed by atoms with Gasteiger partial charge in [0.1, 0.15) is 5.60 Å². The van der Waals surface area contributed by atoms with Crippen LogP contribution >= 0.6 is 0 Å². The number of nitrogens with zero attached hydrogens (tertiary/aromatic N) is 1. The number of piperidine rings is 1. The van der Waals surface area contributed by atoms with E-state index in [1.54, 1.807) is 0 Å². The molecule has 0 bridgehead atoms. The average Bonchev–Trinajstić information content (AvgIpc) is 2.38. The quantitative estimate of drug-likeness (QED) is 0.692. The van der Waals surface area contributed by atoms with Gasteiger partial charge in [-0.15, -0.1) is 0 Å². The molecule has 0 aromatic carbocycles. The molecule has 1 aliphatic rings. The molecule has 0 aromatic rings. The van der Waals surface area contributed by atoms with Crippen LogP contribution in [-0.4, -0.2) is 69.1 Å². The summed E-state index contributed by atoms with van der Waals surface area (Å²) in [5, 5.41) is 6.01. The first-order valence-electron chi connectivity index (χ1n) is 7.85. The summed E-state index contributed by atoms with van der Waals surface area (Å²) in [6.45, 7) is 11.0. The highest BCUT2D eigenvalue weighted by atomic mass is 16.6. The fraction of sp³-hybridized carbons (Fsp3) is 0.933. The van der Waals surface area contributed by atoms with Crippen LogP contribution in [0.4, 0.5) is 4.79 Å². The van der Waals surface area contributed by atoms with Crippen molar-refractivity contribution in [3.8, 4) is 0 Å². The molecule has 1 fully saturated rings. The van der Waals surface area contributed by atoms with Gasteiger partial charge in [0.15, 0.2) is 0 Å². The second-order valence-electron chi connectivity index (χ2n) is 6.48. The van der Waals surface area contributed by atoms with Gasteiger partial charge in [-0.3, -0.25) is 0 Å². The fourth-order valence-corrected chi connectivity index (χ4v) is 2.25. The van der Waals surface area contributed by atoms with Crippen LogP contribution in [0.15, 0.2) is 0 Å². The molecule has 1 heterocycles. The van der Waals surface area contributed by atoms with Gasteiger partial charge in [0.2, 0.25) is 0 Å². The monoisotopic (exact) mass is 301 g/mol. The van der Waals surface area contributed by atoms with Crippen molar-refractivity contribution >= 4 is 6.09 Å². The third kappa shape index (κ3) is 8.90. The minimum absolute atomic E-state index is 0.223. The molecule has 0 aliphatic carbocycles. The van der Waals surface area contributed by atoms with Gasteiger partial charge in [0.05, 0.1) is 13.2 Å². The Bertz CT molecular complexity index is 297. The molecule has 2 N–H and O–H groups in total. The van der Waals surface area contributed by atoms with E-state index in [-0.39, 0.29) is 12.1 Å². The summed E-state index contributed by atoms with van der Waals surface area (Å²) in [5.74, 6) is 0. The summed E-state index contributed by atoms with van der Waals surface area (Å²) in [4.78, 5) is 14.1. The zero-order valence-electron chi connectivity index (χ0n) is 13.9. The van der Waals surface area contributed by atoms with Crippen LogP contribution in [0, 0.1) is 0 Å². The van der Waals surface area contributed by atoms with Gasteiger partial charge in [-0.25, -0.2) is 4.79 Å². The van der Waals surface area contributed by atoms with Gasteiger partial charge in [-0.05, 0) is 40.7 Å². The molecular weight excluding hydrogens is 270 g/mol. The van der Waals surface area contributed by atoms with Crippen LogP contribution in [0.1, 0.15) is 33.6 Å². The molecule has 0 aromatic heterocycles. The molecule has 1 amide bonds. The maximum Gasteiger partial charge on any atom is 0.407 e. The number of likely N-dealkylation sites (tertiary alicyclic amines) is 1. The molecule has 1 aliphatic heterocycles. The predicted molar refractivity (Wildman–Crippen MR) is 83.6 cm³/mol. The number of ether oxygens (including phenoxy) is 2. The number of rotatable bonds is 7. The van der Waals surface area contributed by atoms with Crippen molar-refractivity contribution < 1.29 is 14.3 Å². The summed E-state index contributed by atoms with van der Waals surface area (Å²) in [7, 11) is 1.92. The third-order valence-corrected chi connectivity index (χ3v) is 3.36. The second-order valence-corrected chi connectivity index (χ2v) is 6.48. The lowest BCUT2D eigenvalue weighted by atomic mass is 10.1. The maximum atomic E-state index is 11.7. The molecule has 0 atom stereocenters. The van der Waals surface area contributed by atoms with Gasteiger partial charge < -0.3 is 25.0 Å². The van der Waals surface area contributed by atoms with Crippen molar-refractivity contribution in [2.45, 2.75) is 45.3 Å². The second kappa shape index (κ2) is 9.23. The third-order valence-electron chi connectivity index (χ3n) is 3.36. The maximum absolute atomic E-state index is 11.7. The number of carbonyl (C=O) groups is 1. The zero-order valence-corrected chi connectivity index (χ0v) is 13.9. The minimum atomic E-state index is -0.435. The number of carbonyl (C=O) groups excluding carboxylic acids is 1. The number of alkyl carbamates (subject to hydrolysis) is 1. The molecule has 0 spiro atoms. The first-order valence-corrected chi connectivity index (χ1v) is 7.85. The normalized spacial score (nSPS) is 17.7. The Morgan fingerprint density at radius 2 is 1.90 bits per heavy atom. The van der Waals surface area contributed by atoms with Gasteiger partial charge in [0, 0.05) is 32.2 Å². The van der Waals surface area contributed by atoms with E-state index in [2.05, 4.69) is 15.5 Å². The Morgan fingerprint density at radius 1 is 1.24 bits per heavy atom. The van der Waals surface area contributed by atoms with Crippen LogP contribution in [0.3, 0.4) is 0 Å². The van der Waals surface area contributed by atoms with Crippen molar-refractivity contribution in [3.63, 3.8) is 0 Å². The number of amides is 1. The topological polar surface area (TPSA) is 62.8 Å². The fourth-order valence-electron chi connectivity index (χ4n) is 2.25. The molecule has 6 heteroatoms. The van der Waals surface area contributed by atoms with E-state index in [9.17, 15) is 4.79 Å². The molecule has 21 heavy (non-hydrogen) atoms. The number of likely N-dealkylation sites (N-methyl/N-ethyl adjacent to an activating group) is 1. The lowest BCUT2D eigenvalue weighted by Gasteiger charge is -2.32. The number of hydrogen-bond acceptors (Lipinski definition) is 5. The predicted octanol–water partition coefficient (Wildman–Crippen LogP) is 1.21. The van der Waals surface area contributed by atoms with Crippen LogP contribution in [0.5, 0.6) is 0 Å². The Balaban J connectivity index is 2.10. The summed E-state index contributed by atoms with van der Waals surface area (Å²) in [5.41, 5.74) is -0.435. The summed E-state index contributed by atoms with van der Waals surface area (Å²) >= 11 is 0. The SMILES string of the molecule is CNCCOCCN1CCC(NC(=O)OC(C)(C)C)CC1. The van der Waals surface area contributed by atoms with E-state index >= 15 is 0 Å². The molecule has 1 rings (SSSR count). The van der Waals surface area contributed by atoms with E-state index < -0.39 is 5.60 Å². The zero-order chi connectivity index (χ0) is 15.7. The summed E-state index contributed by atoms with van der Waals surface area (Å²) in [6, 6.07) is 0.223. The van der Waals surface area contributed by atoms with E-state index in [4.69, 9.17) is 9.47 Å². The Morgan fingerprint density at radius 3 is 2.48 bits per heavy atom. The first-order chi connectivity index (χ1) is 9.90. The van der Waals surface area contributed by atoms with Crippen molar-refractivity contribution in [1.29, 1.82) is 0 Å². The van der Waals surface area contributed by atoms with Crippen LogP contribution in [0.25, 0.3) is 0 Å². The average molecular weight is 301 g/mol. The summed E-state index contributed by atoms with van der Waals surface area (Å²) < 4.78 is 10.8. The lowest BCUT2D eigenvalue weighted by Crippen LogP contribution is -2.46. The molecule has 6 nitrogen and oxygen atoms in total. The van der Waals surface area contributed by atoms with Crippen molar-refractivity contribution in [1.82, 2.24) is 15.5 Å². The molecule has 0 radical (unpaired) electrons. The minimum Gasteiger partial charge on any atom is -0.444 e. The van der Waals surface area contributed by atoms with Gasteiger partial charge in [-0.1, -0.05) is 0 Å². The first kappa shape index (κ1) is 18.2.